The maximum Gasteiger partial charge on any atom is 0.269 e. The summed E-state index contributed by atoms with van der Waals surface area (Å²) in [7, 11) is 1.75. The van der Waals surface area contributed by atoms with Gasteiger partial charge in [-0.1, -0.05) is 0 Å². The van der Waals surface area contributed by atoms with Crippen LogP contribution < -0.4 is 5.32 Å². The van der Waals surface area contributed by atoms with Crippen LogP contribution in [0.4, 0.5) is 0 Å². The van der Waals surface area contributed by atoms with Crippen LogP contribution >= 0.6 is 11.3 Å². The van der Waals surface area contributed by atoms with Crippen molar-refractivity contribution in [1.82, 2.24) is 14.9 Å². The van der Waals surface area contributed by atoms with Crippen molar-refractivity contribution >= 4 is 17.2 Å². The summed E-state index contributed by atoms with van der Waals surface area (Å²) in [5.41, 5.74) is 1.29. The van der Waals surface area contributed by atoms with E-state index in [1.165, 1.54) is 17.5 Å². The number of carbonyl (C=O) groups is 1. The summed E-state index contributed by atoms with van der Waals surface area (Å²) in [6.45, 7) is 0.195. The number of imidazole rings is 1. The molecule has 0 saturated carbocycles. The molecule has 2 N–H and O–H groups in total. The van der Waals surface area contributed by atoms with Crippen LogP contribution in [-0.4, -0.2) is 27.1 Å². The number of aliphatic hydroxyl groups is 1. The van der Waals surface area contributed by atoms with Gasteiger partial charge in [0.05, 0.1) is 18.6 Å². The molecule has 0 aliphatic rings. The topological polar surface area (TPSA) is 67.2 Å². The summed E-state index contributed by atoms with van der Waals surface area (Å²) in [5, 5.41) is 16.2. The first kappa shape index (κ1) is 11.8. The second-order valence-corrected chi connectivity index (χ2v) is 4.45. The first-order valence-electron chi connectivity index (χ1n) is 5.13. The van der Waals surface area contributed by atoms with E-state index >= 15 is 0 Å². The molecule has 2 rings (SSSR count). The minimum atomic E-state index is -0.668. The monoisotopic (exact) mass is 251 g/mol. The second kappa shape index (κ2) is 5.11. The Morgan fingerprint density at radius 2 is 2.53 bits per heavy atom. The first-order valence-corrected chi connectivity index (χ1v) is 6.07. The van der Waals surface area contributed by atoms with Crippen LogP contribution in [-0.2, 0) is 7.05 Å². The van der Waals surface area contributed by atoms with Crippen LogP contribution in [0.15, 0.2) is 29.4 Å². The SMILES string of the molecule is Cn1cncc1C(=O)NCC(O)c1ccsc1. The molecule has 90 valence electrons. The van der Waals surface area contributed by atoms with Crippen LogP contribution in [0.2, 0.25) is 0 Å². The van der Waals surface area contributed by atoms with E-state index in [1.54, 1.807) is 17.9 Å². The summed E-state index contributed by atoms with van der Waals surface area (Å²) in [6, 6.07) is 1.84. The molecule has 1 amide bonds. The van der Waals surface area contributed by atoms with E-state index in [1.807, 2.05) is 16.8 Å². The predicted octanol–water partition coefficient (Wildman–Crippen LogP) is 0.945. The average Bonchev–Trinajstić information content (AvgIpc) is 2.95. The van der Waals surface area contributed by atoms with Crippen molar-refractivity contribution in [2.75, 3.05) is 6.54 Å². The molecule has 0 aliphatic heterocycles. The highest BCUT2D eigenvalue weighted by Gasteiger charge is 2.13. The smallest absolute Gasteiger partial charge is 0.269 e. The standard InChI is InChI=1S/C11H13N3O2S/c1-14-7-12-4-9(14)11(16)13-5-10(15)8-2-3-17-6-8/h2-4,6-7,10,15H,5H2,1H3,(H,13,16). The molecule has 0 bridgehead atoms. The minimum absolute atomic E-state index is 0.195. The molecule has 2 heterocycles. The quantitative estimate of drug-likeness (QED) is 0.850. The number of nitrogens with one attached hydrogen (secondary N) is 1. The van der Waals surface area contributed by atoms with Gasteiger partial charge in [0, 0.05) is 13.6 Å². The molecule has 0 fully saturated rings. The van der Waals surface area contributed by atoms with Crippen LogP contribution in [0, 0.1) is 0 Å². The minimum Gasteiger partial charge on any atom is -0.387 e. The molecule has 1 unspecified atom stereocenters. The van der Waals surface area contributed by atoms with Gasteiger partial charge < -0.3 is 15.0 Å². The number of carbonyl (C=O) groups excluding carboxylic acids is 1. The zero-order valence-corrected chi connectivity index (χ0v) is 10.1. The van der Waals surface area contributed by atoms with Crippen molar-refractivity contribution in [3.05, 3.63) is 40.6 Å². The van der Waals surface area contributed by atoms with E-state index in [0.29, 0.717) is 5.69 Å². The maximum atomic E-state index is 11.7. The largest absolute Gasteiger partial charge is 0.387 e. The van der Waals surface area contributed by atoms with Gasteiger partial charge >= 0.3 is 0 Å². The maximum absolute atomic E-state index is 11.7. The highest BCUT2D eigenvalue weighted by atomic mass is 32.1. The third kappa shape index (κ3) is 2.72. The van der Waals surface area contributed by atoms with E-state index in [4.69, 9.17) is 0 Å². The average molecular weight is 251 g/mol. The Labute approximate surface area is 103 Å². The normalized spacial score (nSPS) is 12.4. The fourth-order valence-electron chi connectivity index (χ4n) is 1.44. The zero-order chi connectivity index (χ0) is 12.3. The van der Waals surface area contributed by atoms with Crippen molar-refractivity contribution < 1.29 is 9.90 Å². The molecule has 6 heteroatoms. The summed E-state index contributed by atoms with van der Waals surface area (Å²) in [5.74, 6) is -0.237. The molecule has 0 spiro atoms. The van der Waals surface area contributed by atoms with Gasteiger partial charge in [-0.2, -0.15) is 11.3 Å². The Kier molecular flexibility index (Phi) is 3.55. The summed E-state index contributed by atoms with van der Waals surface area (Å²) in [6.07, 6.45) is 2.38. The van der Waals surface area contributed by atoms with Crippen LogP contribution in [0.3, 0.4) is 0 Å². The molecule has 2 aromatic rings. The molecule has 2 aromatic heterocycles. The number of hydrogen-bond donors (Lipinski definition) is 2. The number of aliphatic hydroxyl groups excluding tert-OH is 1. The summed E-state index contributed by atoms with van der Waals surface area (Å²) < 4.78 is 1.63. The van der Waals surface area contributed by atoms with Crippen molar-refractivity contribution in [2.45, 2.75) is 6.10 Å². The van der Waals surface area contributed by atoms with Crippen molar-refractivity contribution in [2.24, 2.45) is 7.05 Å². The highest BCUT2D eigenvalue weighted by molar-refractivity contribution is 7.07. The van der Waals surface area contributed by atoms with Crippen LogP contribution in [0.25, 0.3) is 0 Å². The van der Waals surface area contributed by atoms with Gasteiger partial charge in [-0.25, -0.2) is 4.98 Å². The number of aryl methyl sites for hydroxylation is 1. The second-order valence-electron chi connectivity index (χ2n) is 3.67. The molecule has 17 heavy (non-hydrogen) atoms. The van der Waals surface area contributed by atoms with Crippen molar-refractivity contribution in [1.29, 1.82) is 0 Å². The summed E-state index contributed by atoms with van der Waals surface area (Å²) in [4.78, 5) is 15.6. The number of rotatable bonds is 4. The third-order valence-electron chi connectivity index (χ3n) is 2.43. The highest BCUT2D eigenvalue weighted by Crippen LogP contribution is 2.15. The molecule has 0 aromatic carbocycles. The van der Waals surface area contributed by atoms with Crippen LogP contribution in [0.1, 0.15) is 22.2 Å². The molecular formula is C11H13N3O2S. The number of thiophene rings is 1. The van der Waals surface area contributed by atoms with Crippen molar-refractivity contribution in [3.63, 3.8) is 0 Å². The van der Waals surface area contributed by atoms with E-state index in [-0.39, 0.29) is 12.5 Å². The van der Waals surface area contributed by atoms with Gasteiger partial charge in [-0.15, -0.1) is 0 Å². The van der Waals surface area contributed by atoms with Gasteiger partial charge in [-0.3, -0.25) is 4.79 Å². The van der Waals surface area contributed by atoms with Crippen LogP contribution in [0.5, 0.6) is 0 Å². The first-order chi connectivity index (χ1) is 8.18. The van der Waals surface area contributed by atoms with Crippen molar-refractivity contribution in [3.8, 4) is 0 Å². The fourth-order valence-corrected chi connectivity index (χ4v) is 2.15. The van der Waals surface area contributed by atoms with Gasteiger partial charge in [0.25, 0.3) is 5.91 Å². The number of amides is 1. The Morgan fingerprint density at radius 3 is 3.12 bits per heavy atom. The lowest BCUT2D eigenvalue weighted by molar-refractivity contribution is 0.0908. The molecule has 0 saturated heterocycles. The number of hydrogen-bond acceptors (Lipinski definition) is 4. The lowest BCUT2D eigenvalue weighted by Gasteiger charge is -2.10. The van der Waals surface area contributed by atoms with Gasteiger partial charge in [-0.05, 0) is 22.4 Å². The van der Waals surface area contributed by atoms with E-state index in [2.05, 4.69) is 10.3 Å². The Hall–Kier alpha value is -1.66. The van der Waals surface area contributed by atoms with Gasteiger partial charge in [0.2, 0.25) is 0 Å². The molecule has 1 atom stereocenters. The Bertz CT molecular complexity index is 493. The number of nitrogens with zero attached hydrogens (tertiary/aromatic N) is 2. The molecule has 0 aliphatic carbocycles. The summed E-state index contributed by atoms with van der Waals surface area (Å²) >= 11 is 1.52. The fraction of sp³-hybridized carbons (Fsp3) is 0.273. The Balaban J connectivity index is 1.91. The Morgan fingerprint density at radius 1 is 1.71 bits per heavy atom. The molecular weight excluding hydrogens is 238 g/mol. The van der Waals surface area contributed by atoms with Gasteiger partial charge in [0.1, 0.15) is 5.69 Å². The zero-order valence-electron chi connectivity index (χ0n) is 9.33. The lowest BCUT2D eigenvalue weighted by Crippen LogP contribution is -2.29. The van der Waals surface area contributed by atoms with E-state index < -0.39 is 6.10 Å². The predicted molar refractivity (Wildman–Crippen MR) is 64.8 cm³/mol. The molecule has 5 nitrogen and oxygen atoms in total. The van der Waals surface area contributed by atoms with Gasteiger partial charge in [0.15, 0.2) is 0 Å². The number of aromatic nitrogens is 2. The third-order valence-corrected chi connectivity index (χ3v) is 3.13. The molecule has 0 radical (unpaired) electrons. The van der Waals surface area contributed by atoms with E-state index in [9.17, 15) is 9.90 Å². The van der Waals surface area contributed by atoms with E-state index in [0.717, 1.165) is 5.56 Å². The lowest BCUT2D eigenvalue weighted by atomic mass is 10.2.